The van der Waals surface area contributed by atoms with Gasteiger partial charge in [-0.05, 0) is 19.3 Å². The Morgan fingerprint density at radius 2 is 2.19 bits per heavy atom. The largest absolute Gasteiger partial charge is 0.506 e. The number of carbonyl (C=O) groups is 1. The summed E-state index contributed by atoms with van der Waals surface area (Å²) in [6, 6.07) is 1.24. The van der Waals surface area contributed by atoms with E-state index in [1.165, 1.54) is 20.3 Å². The van der Waals surface area contributed by atoms with Crippen LogP contribution in [0.25, 0.3) is 0 Å². The molecule has 0 amide bonds. The van der Waals surface area contributed by atoms with Gasteiger partial charge in [-0.25, -0.2) is 4.39 Å². The Bertz CT molecular complexity index is 560. The van der Waals surface area contributed by atoms with E-state index in [1.807, 2.05) is 0 Å². The van der Waals surface area contributed by atoms with Crippen molar-refractivity contribution in [3.05, 3.63) is 22.5 Å². The third kappa shape index (κ3) is 2.78. The molecule has 1 aliphatic carbocycles. The molecule has 7 heteroatoms. The van der Waals surface area contributed by atoms with Gasteiger partial charge in [-0.15, -0.1) is 0 Å². The molecule has 0 aromatic heterocycles. The van der Waals surface area contributed by atoms with Crippen molar-refractivity contribution in [3.63, 3.8) is 0 Å². The molecule has 5 nitrogen and oxygen atoms in total. The van der Waals surface area contributed by atoms with Crippen molar-refractivity contribution in [2.45, 2.75) is 31.3 Å². The zero-order chi connectivity index (χ0) is 15.6. The zero-order valence-electron chi connectivity index (χ0n) is 11.8. The highest BCUT2D eigenvalue weighted by Gasteiger charge is 2.45. The first-order valence-corrected chi connectivity index (χ1v) is 6.90. The van der Waals surface area contributed by atoms with Crippen LogP contribution < -0.4 is 10.1 Å². The minimum Gasteiger partial charge on any atom is -0.506 e. The highest BCUT2D eigenvalue weighted by molar-refractivity contribution is 6.32. The molecule has 1 saturated carbocycles. The summed E-state index contributed by atoms with van der Waals surface area (Å²) in [7, 11) is 2.69. The van der Waals surface area contributed by atoms with Crippen molar-refractivity contribution in [1.82, 2.24) is 5.32 Å². The number of phenolic OH excluding ortho intramolecular Hbond substituents is 1. The Balaban J connectivity index is 2.24. The molecule has 2 rings (SSSR count). The van der Waals surface area contributed by atoms with E-state index in [2.05, 4.69) is 5.32 Å². The second-order valence-electron chi connectivity index (χ2n) is 4.99. The third-order valence-corrected chi connectivity index (χ3v) is 4.21. The molecule has 0 radical (unpaired) electrons. The molecule has 2 N–H and O–H groups in total. The normalized spacial score (nSPS) is 16.2. The van der Waals surface area contributed by atoms with E-state index in [1.54, 1.807) is 0 Å². The summed E-state index contributed by atoms with van der Waals surface area (Å²) in [5, 5.41) is 12.2. The van der Waals surface area contributed by atoms with Crippen LogP contribution in [-0.2, 0) is 16.1 Å². The highest BCUT2D eigenvalue weighted by atomic mass is 35.5. The summed E-state index contributed by atoms with van der Waals surface area (Å²) in [6.07, 6.45) is 2.17. The molecule has 0 heterocycles. The number of hydrogen-bond donors (Lipinski definition) is 2. The summed E-state index contributed by atoms with van der Waals surface area (Å²) < 4.78 is 24.0. The average Bonchev–Trinajstić information content (AvgIpc) is 2.44. The van der Waals surface area contributed by atoms with Crippen LogP contribution in [0.2, 0.25) is 5.02 Å². The number of halogens is 2. The first-order chi connectivity index (χ1) is 9.95. The molecule has 0 aliphatic heterocycles. The lowest BCUT2D eigenvalue weighted by Crippen LogP contribution is -2.57. The van der Waals surface area contributed by atoms with Crippen LogP contribution in [0.1, 0.15) is 24.8 Å². The van der Waals surface area contributed by atoms with Gasteiger partial charge >= 0.3 is 5.97 Å². The van der Waals surface area contributed by atoms with Crippen LogP contribution in [0.3, 0.4) is 0 Å². The minimum absolute atomic E-state index is 0.0457. The average molecular weight is 318 g/mol. The molecule has 0 unspecified atom stereocenters. The quantitative estimate of drug-likeness (QED) is 0.816. The van der Waals surface area contributed by atoms with Crippen molar-refractivity contribution in [3.8, 4) is 11.5 Å². The van der Waals surface area contributed by atoms with Gasteiger partial charge in [0.2, 0.25) is 0 Å². The maximum Gasteiger partial charge on any atom is 0.326 e. The lowest BCUT2D eigenvalue weighted by atomic mass is 9.76. The molecule has 0 saturated heterocycles. The van der Waals surface area contributed by atoms with Crippen LogP contribution in [0, 0.1) is 5.82 Å². The number of rotatable bonds is 5. The molecular weight excluding hydrogens is 301 g/mol. The summed E-state index contributed by atoms with van der Waals surface area (Å²) in [4.78, 5) is 11.8. The van der Waals surface area contributed by atoms with E-state index >= 15 is 0 Å². The van der Waals surface area contributed by atoms with Gasteiger partial charge in [0.1, 0.15) is 22.1 Å². The van der Waals surface area contributed by atoms with Gasteiger partial charge in [0.25, 0.3) is 0 Å². The fraction of sp³-hybridized carbons (Fsp3) is 0.500. The van der Waals surface area contributed by atoms with Crippen LogP contribution in [0.15, 0.2) is 6.07 Å². The molecule has 0 atom stereocenters. The molecule has 1 aromatic carbocycles. The Morgan fingerprint density at radius 1 is 1.52 bits per heavy atom. The van der Waals surface area contributed by atoms with E-state index in [9.17, 15) is 14.3 Å². The van der Waals surface area contributed by atoms with Gasteiger partial charge in [0.05, 0.1) is 14.2 Å². The van der Waals surface area contributed by atoms with Crippen molar-refractivity contribution in [2.24, 2.45) is 0 Å². The van der Waals surface area contributed by atoms with Crippen molar-refractivity contribution in [2.75, 3.05) is 14.2 Å². The van der Waals surface area contributed by atoms with Gasteiger partial charge in [-0.3, -0.25) is 10.1 Å². The first-order valence-electron chi connectivity index (χ1n) is 6.52. The Hall–Kier alpha value is -1.53. The van der Waals surface area contributed by atoms with Crippen molar-refractivity contribution < 1.29 is 23.8 Å². The van der Waals surface area contributed by atoms with Gasteiger partial charge in [-0.1, -0.05) is 11.6 Å². The van der Waals surface area contributed by atoms with E-state index in [0.29, 0.717) is 12.8 Å². The molecule has 1 aromatic rings. The van der Waals surface area contributed by atoms with Crippen molar-refractivity contribution in [1.29, 1.82) is 0 Å². The number of nitrogens with one attached hydrogen (secondary N) is 1. The van der Waals surface area contributed by atoms with E-state index in [-0.39, 0.29) is 34.6 Å². The summed E-state index contributed by atoms with van der Waals surface area (Å²) in [6.45, 7) is 0.0457. The fourth-order valence-corrected chi connectivity index (χ4v) is 2.58. The maximum atomic E-state index is 14.2. The second kappa shape index (κ2) is 6.07. The highest BCUT2D eigenvalue weighted by Crippen LogP contribution is 2.37. The Labute approximate surface area is 127 Å². The predicted molar refractivity (Wildman–Crippen MR) is 75.1 cm³/mol. The summed E-state index contributed by atoms with van der Waals surface area (Å²) in [5.74, 6) is -1.35. The first kappa shape index (κ1) is 15.9. The number of methoxy groups -OCH3 is 2. The molecule has 0 spiro atoms. The molecule has 116 valence electrons. The van der Waals surface area contributed by atoms with E-state index in [0.717, 1.165) is 6.42 Å². The number of hydrogen-bond acceptors (Lipinski definition) is 5. The summed E-state index contributed by atoms with van der Waals surface area (Å²) >= 11 is 5.70. The molecule has 1 fully saturated rings. The van der Waals surface area contributed by atoms with Crippen molar-refractivity contribution >= 4 is 17.6 Å². The van der Waals surface area contributed by atoms with Gasteiger partial charge in [0.15, 0.2) is 5.82 Å². The lowest BCUT2D eigenvalue weighted by molar-refractivity contribution is -0.152. The van der Waals surface area contributed by atoms with Crippen LogP contribution in [0.4, 0.5) is 4.39 Å². The van der Waals surface area contributed by atoms with Gasteiger partial charge in [0, 0.05) is 18.2 Å². The maximum absolute atomic E-state index is 14.2. The SMILES string of the molecule is COC(=O)C1(NCc2c(OC)cc(O)c(Cl)c2F)CCC1. The van der Waals surface area contributed by atoms with Gasteiger partial charge < -0.3 is 14.6 Å². The smallest absolute Gasteiger partial charge is 0.326 e. The van der Waals surface area contributed by atoms with E-state index < -0.39 is 11.4 Å². The standard InChI is InChI=1S/C14H17ClFNO4/c1-20-10-6-9(18)11(15)12(16)8(10)7-17-14(4-3-5-14)13(19)21-2/h6,17-18H,3-5,7H2,1-2H3. The fourth-order valence-electron chi connectivity index (χ4n) is 2.41. The lowest BCUT2D eigenvalue weighted by Gasteiger charge is -2.39. The molecule has 21 heavy (non-hydrogen) atoms. The number of ether oxygens (including phenoxy) is 2. The Morgan fingerprint density at radius 3 is 2.67 bits per heavy atom. The molecule has 1 aliphatic rings. The summed E-state index contributed by atoms with van der Waals surface area (Å²) in [5.41, 5.74) is -0.619. The van der Waals surface area contributed by atoms with Crippen LogP contribution >= 0.6 is 11.6 Å². The third-order valence-electron chi connectivity index (χ3n) is 3.85. The predicted octanol–water partition coefficient (Wildman–Crippen LogP) is 2.38. The molecular formula is C14H17ClFNO4. The Kier molecular flexibility index (Phi) is 4.58. The number of benzene rings is 1. The number of carbonyl (C=O) groups excluding carboxylic acids is 1. The van der Waals surface area contributed by atoms with E-state index in [4.69, 9.17) is 21.1 Å². The van der Waals surface area contributed by atoms with Crippen LogP contribution in [-0.4, -0.2) is 30.8 Å². The number of aromatic hydroxyl groups is 1. The van der Waals surface area contributed by atoms with Crippen LogP contribution in [0.5, 0.6) is 11.5 Å². The van der Waals surface area contributed by atoms with Gasteiger partial charge in [-0.2, -0.15) is 0 Å². The monoisotopic (exact) mass is 317 g/mol. The topological polar surface area (TPSA) is 67.8 Å². The minimum atomic E-state index is -0.781. The second-order valence-corrected chi connectivity index (χ2v) is 5.36. The zero-order valence-corrected chi connectivity index (χ0v) is 12.6. The number of esters is 1. The molecule has 0 bridgehead atoms. The number of phenols is 1.